The Morgan fingerprint density at radius 3 is 2.36 bits per heavy atom. The van der Waals surface area contributed by atoms with Crippen LogP contribution in [0.15, 0.2) is 0 Å². The molecular formula is C11H20O3. The molecule has 0 radical (unpaired) electrons. The molecule has 1 saturated carbocycles. The van der Waals surface area contributed by atoms with E-state index in [0.29, 0.717) is 0 Å². The third-order valence-electron chi connectivity index (χ3n) is 3.23. The summed E-state index contributed by atoms with van der Waals surface area (Å²) in [5.74, 6) is -0.685. The van der Waals surface area contributed by atoms with E-state index in [4.69, 9.17) is 9.47 Å². The minimum atomic E-state index is -0.685. The normalized spacial score (nSPS) is 49.5. The van der Waals surface area contributed by atoms with E-state index >= 15 is 0 Å². The van der Waals surface area contributed by atoms with E-state index in [-0.39, 0.29) is 12.2 Å². The van der Waals surface area contributed by atoms with Crippen molar-refractivity contribution >= 4 is 0 Å². The summed E-state index contributed by atoms with van der Waals surface area (Å²) >= 11 is 0. The van der Waals surface area contributed by atoms with Gasteiger partial charge in [0.25, 0.3) is 0 Å². The standard InChI is InChI=1S/C11H20O3/c1-8-7-9(2)14-11(13-8)6-4-3-5-10(11)12/h8-10,12H,3-7H2,1-2H3/t8-,9+,10-,11?/m1/s1. The summed E-state index contributed by atoms with van der Waals surface area (Å²) in [5.41, 5.74) is 0. The first-order valence-corrected chi connectivity index (χ1v) is 5.66. The fraction of sp³-hybridized carbons (Fsp3) is 1.00. The Labute approximate surface area is 85.4 Å². The molecule has 4 atom stereocenters. The molecule has 1 saturated heterocycles. The van der Waals surface area contributed by atoms with Crippen LogP contribution < -0.4 is 0 Å². The molecule has 2 aliphatic rings. The Hall–Kier alpha value is -0.120. The lowest BCUT2D eigenvalue weighted by atomic mass is 9.89. The van der Waals surface area contributed by atoms with E-state index in [0.717, 1.165) is 32.1 Å². The minimum absolute atomic E-state index is 0.200. The number of aliphatic hydroxyl groups excluding tert-OH is 1. The second-order valence-electron chi connectivity index (χ2n) is 4.67. The molecule has 0 amide bonds. The van der Waals surface area contributed by atoms with Crippen molar-refractivity contribution in [3.05, 3.63) is 0 Å². The molecule has 2 rings (SSSR count). The van der Waals surface area contributed by atoms with Gasteiger partial charge in [-0.25, -0.2) is 0 Å². The number of hydrogen-bond acceptors (Lipinski definition) is 3. The van der Waals surface area contributed by atoms with Crippen LogP contribution in [0, 0.1) is 0 Å². The van der Waals surface area contributed by atoms with Crippen molar-refractivity contribution in [2.45, 2.75) is 70.1 Å². The molecule has 3 nitrogen and oxygen atoms in total. The van der Waals surface area contributed by atoms with Gasteiger partial charge in [-0.2, -0.15) is 0 Å². The van der Waals surface area contributed by atoms with Gasteiger partial charge in [-0.3, -0.25) is 0 Å². The van der Waals surface area contributed by atoms with E-state index in [1.807, 2.05) is 0 Å². The molecule has 1 aliphatic carbocycles. The van der Waals surface area contributed by atoms with Crippen LogP contribution in [0.5, 0.6) is 0 Å². The fourth-order valence-electron chi connectivity index (χ4n) is 2.64. The predicted octanol–water partition coefficient (Wildman–Crippen LogP) is 1.83. The molecule has 82 valence electrons. The number of ether oxygens (including phenoxy) is 2. The van der Waals surface area contributed by atoms with Crippen LogP contribution in [-0.2, 0) is 9.47 Å². The zero-order valence-corrected chi connectivity index (χ0v) is 9.03. The lowest BCUT2D eigenvalue weighted by Gasteiger charge is -2.47. The average Bonchev–Trinajstić information content (AvgIpc) is 2.08. The zero-order valence-electron chi connectivity index (χ0n) is 9.03. The molecule has 0 aromatic rings. The summed E-state index contributed by atoms with van der Waals surface area (Å²) in [4.78, 5) is 0. The highest BCUT2D eigenvalue weighted by atomic mass is 16.7. The fourth-order valence-corrected chi connectivity index (χ4v) is 2.64. The highest BCUT2D eigenvalue weighted by Gasteiger charge is 2.47. The van der Waals surface area contributed by atoms with Crippen molar-refractivity contribution in [1.29, 1.82) is 0 Å². The van der Waals surface area contributed by atoms with Gasteiger partial charge in [-0.05, 0) is 33.1 Å². The monoisotopic (exact) mass is 200 g/mol. The van der Waals surface area contributed by atoms with Crippen molar-refractivity contribution in [3.63, 3.8) is 0 Å². The minimum Gasteiger partial charge on any atom is -0.388 e. The Kier molecular flexibility index (Phi) is 2.82. The van der Waals surface area contributed by atoms with Crippen molar-refractivity contribution in [2.24, 2.45) is 0 Å². The maximum absolute atomic E-state index is 9.97. The molecule has 1 unspecified atom stereocenters. The van der Waals surface area contributed by atoms with Gasteiger partial charge in [0.1, 0.15) is 6.10 Å². The second kappa shape index (κ2) is 3.80. The highest BCUT2D eigenvalue weighted by molar-refractivity contribution is 4.88. The Morgan fingerprint density at radius 2 is 1.79 bits per heavy atom. The van der Waals surface area contributed by atoms with E-state index in [2.05, 4.69) is 13.8 Å². The molecule has 1 heterocycles. The summed E-state index contributed by atoms with van der Waals surface area (Å²) in [6.45, 7) is 4.12. The second-order valence-corrected chi connectivity index (χ2v) is 4.67. The third kappa shape index (κ3) is 1.81. The largest absolute Gasteiger partial charge is 0.388 e. The molecule has 14 heavy (non-hydrogen) atoms. The lowest BCUT2D eigenvalue weighted by Crippen LogP contribution is -2.56. The number of hydrogen-bond donors (Lipinski definition) is 1. The van der Waals surface area contributed by atoms with Gasteiger partial charge in [-0.1, -0.05) is 6.42 Å². The smallest absolute Gasteiger partial charge is 0.194 e. The maximum atomic E-state index is 9.97. The topological polar surface area (TPSA) is 38.7 Å². The van der Waals surface area contributed by atoms with Gasteiger partial charge in [0.2, 0.25) is 0 Å². The van der Waals surface area contributed by atoms with Gasteiger partial charge in [0.15, 0.2) is 5.79 Å². The Balaban J connectivity index is 2.11. The maximum Gasteiger partial charge on any atom is 0.194 e. The van der Waals surface area contributed by atoms with Crippen LogP contribution in [0.2, 0.25) is 0 Å². The molecule has 3 heteroatoms. The SMILES string of the molecule is C[C@@H]1C[C@H](C)OC2(CCCC[C@H]2O)O1. The van der Waals surface area contributed by atoms with Gasteiger partial charge in [-0.15, -0.1) is 0 Å². The van der Waals surface area contributed by atoms with Crippen molar-refractivity contribution in [3.8, 4) is 0 Å². The molecule has 0 bridgehead atoms. The van der Waals surface area contributed by atoms with Crippen LogP contribution in [-0.4, -0.2) is 29.2 Å². The Bertz CT molecular complexity index is 195. The van der Waals surface area contributed by atoms with Gasteiger partial charge in [0.05, 0.1) is 12.2 Å². The van der Waals surface area contributed by atoms with E-state index in [1.54, 1.807) is 0 Å². The first-order chi connectivity index (χ1) is 6.62. The highest BCUT2D eigenvalue weighted by Crippen LogP contribution is 2.39. The van der Waals surface area contributed by atoms with E-state index in [9.17, 15) is 5.11 Å². The zero-order chi connectivity index (χ0) is 10.2. The van der Waals surface area contributed by atoms with Crippen LogP contribution in [0.3, 0.4) is 0 Å². The first-order valence-electron chi connectivity index (χ1n) is 5.66. The molecule has 0 aromatic carbocycles. The van der Waals surface area contributed by atoms with Crippen LogP contribution in [0.4, 0.5) is 0 Å². The van der Waals surface area contributed by atoms with Crippen molar-refractivity contribution < 1.29 is 14.6 Å². The van der Waals surface area contributed by atoms with Gasteiger partial charge >= 0.3 is 0 Å². The molecule has 0 aromatic heterocycles. The van der Waals surface area contributed by atoms with Crippen LogP contribution >= 0.6 is 0 Å². The van der Waals surface area contributed by atoms with E-state index in [1.165, 1.54) is 0 Å². The van der Waals surface area contributed by atoms with E-state index < -0.39 is 11.9 Å². The predicted molar refractivity (Wildman–Crippen MR) is 52.9 cm³/mol. The van der Waals surface area contributed by atoms with Crippen molar-refractivity contribution in [1.82, 2.24) is 0 Å². The molecule has 1 N–H and O–H groups in total. The molecule has 1 aliphatic heterocycles. The molecule has 2 fully saturated rings. The Morgan fingerprint density at radius 1 is 1.14 bits per heavy atom. The average molecular weight is 200 g/mol. The number of aliphatic hydroxyl groups is 1. The van der Waals surface area contributed by atoms with Crippen molar-refractivity contribution in [2.75, 3.05) is 0 Å². The summed E-state index contributed by atoms with van der Waals surface area (Å²) in [6, 6.07) is 0. The summed E-state index contributed by atoms with van der Waals surface area (Å²) in [6.07, 6.45) is 4.70. The van der Waals surface area contributed by atoms with Crippen LogP contribution in [0.25, 0.3) is 0 Å². The molecular weight excluding hydrogens is 180 g/mol. The lowest BCUT2D eigenvalue weighted by molar-refractivity contribution is -0.354. The summed E-state index contributed by atoms with van der Waals surface area (Å²) < 4.78 is 11.7. The van der Waals surface area contributed by atoms with Crippen LogP contribution in [0.1, 0.15) is 46.0 Å². The summed E-state index contributed by atoms with van der Waals surface area (Å²) in [5, 5.41) is 9.97. The number of rotatable bonds is 0. The summed E-state index contributed by atoms with van der Waals surface area (Å²) in [7, 11) is 0. The van der Waals surface area contributed by atoms with Gasteiger partial charge in [0, 0.05) is 6.42 Å². The molecule has 1 spiro atoms. The van der Waals surface area contributed by atoms with Gasteiger partial charge < -0.3 is 14.6 Å². The first kappa shape index (κ1) is 10.4. The third-order valence-corrected chi connectivity index (χ3v) is 3.23. The quantitative estimate of drug-likeness (QED) is 0.648.